The number of nitrogens with zero attached hydrogens (tertiary/aromatic N) is 5. The van der Waals surface area contributed by atoms with E-state index in [1.165, 1.54) is 0 Å². The maximum Gasteiger partial charge on any atom is 0.242 e. The van der Waals surface area contributed by atoms with Crippen molar-refractivity contribution < 1.29 is 9.21 Å². The van der Waals surface area contributed by atoms with Gasteiger partial charge in [0.15, 0.2) is 10.8 Å². The zero-order chi connectivity index (χ0) is 18.9. The van der Waals surface area contributed by atoms with Gasteiger partial charge in [-0.25, -0.2) is 4.98 Å². The summed E-state index contributed by atoms with van der Waals surface area (Å²) in [4.78, 5) is 19.1. The zero-order valence-electron chi connectivity index (χ0n) is 15.2. The molecule has 0 aliphatic carbocycles. The third-order valence-electron chi connectivity index (χ3n) is 5.20. The Morgan fingerprint density at radius 1 is 1.14 bits per heavy atom. The summed E-state index contributed by atoms with van der Waals surface area (Å²) in [6, 6.07) is 11.6. The third-order valence-corrected chi connectivity index (χ3v) is 6.30. The molecule has 5 rings (SSSR count). The van der Waals surface area contributed by atoms with Gasteiger partial charge in [0.1, 0.15) is 11.6 Å². The van der Waals surface area contributed by atoms with Crippen molar-refractivity contribution in [3.05, 3.63) is 54.0 Å². The Morgan fingerprint density at radius 2 is 2.00 bits per heavy atom. The highest BCUT2D eigenvalue weighted by Crippen LogP contribution is 2.33. The molecule has 0 atom stereocenters. The van der Waals surface area contributed by atoms with E-state index in [-0.39, 0.29) is 5.91 Å². The first-order valence-corrected chi connectivity index (χ1v) is 10.1. The molecule has 1 aromatic carbocycles. The van der Waals surface area contributed by atoms with E-state index in [9.17, 15) is 4.79 Å². The molecule has 28 heavy (non-hydrogen) atoms. The Kier molecular flexibility index (Phi) is 4.40. The van der Waals surface area contributed by atoms with Crippen molar-refractivity contribution in [1.82, 2.24) is 24.6 Å². The molecule has 1 amide bonds. The number of amides is 1. The highest BCUT2D eigenvalue weighted by molar-refractivity contribution is 7.14. The van der Waals surface area contributed by atoms with Gasteiger partial charge in [0.2, 0.25) is 5.91 Å². The lowest BCUT2D eigenvalue weighted by atomic mass is 9.97. The van der Waals surface area contributed by atoms with Crippen LogP contribution in [0.2, 0.25) is 0 Å². The number of hydrogen-bond donors (Lipinski definition) is 0. The molecule has 1 saturated heterocycles. The number of likely N-dealkylation sites (tertiary alicyclic amines) is 1. The highest BCUT2D eigenvalue weighted by Gasteiger charge is 2.27. The molecule has 1 aliphatic rings. The number of fused-ring (bicyclic) bond motifs is 1. The Balaban J connectivity index is 1.21. The van der Waals surface area contributed by atoms with E-state index in [0.29, 0.717) is 12.5 Å². The fraction of sp³-hybridized carbons (Fsp3) is 0.300. The molecule has 0 radical (unpaired) electrons. The monoisotopic (exact) mass is 393 g/mol. The van der Waals surface area contributed by atoms with Crippen molar-refractivity contribution in [2.24, 2.45) is 0 Å². The maximum atomic E-state index is 12.8. The maximum absolute atomic E-state index is 12.8. The SMILES string of the molecule is O=C(Cn1cnc2ccccc21)N1CCC(c2nnc(-c3ccco3)s2)CC1. The Morgan fingerprint density at radius 3 is 2.82 bits per heavy atom. The van der Waals surface area contributed by atoms with Crippen molar-refractivity contribution in [3.8, 4) is 10.8 Å². The number of para-hydroxylation sites is 2. The first-order valence-electron chi connectivity index (χ1n) is 9.33. The third kappa shape index (κ3) is 3.20. The topological polar surface area (TPSA) is 77.1 Å². The van der Waals surface area contributed by atoms with E-state index in [2.05, 4.69) is 15.2 Å². The lowest BCUT2D eigenvalue weighted by Gasteiger charge is -2.31. The number of hydrogen-bond acceptors (Lipinski definition) is 6. The number of carbonyl (C=O) groups excluding carboxylic acids is 1. The molecule has 0 bridgehead atoms. The van der Waals surface area contributed by atoms with E-state index < -0.39 is 0 Å². The van der Waals surface area contributed by atoms with Gasteiger partial charge >= 0.3 is 0 Å². The lowest BCUT2D eigenvalue weighted by molar-refractivity contribution is -0.132. The van der Waals surface area contributed by atoms with Crippen LogP contribution in [0.4, 0.5) is 0 Å². The van der Waals surface area contributed by atoms with Crippen molar-refractivity contribution >= 4 is 28.3 Å². The van der Waals surface area contributed by atoms with Crippen LogP contribution >= 0.6 is 11.3 Å². The molecule has 1 fully saturated rings. The Hall–Kier alpha value is -3.00. The van der Waals surface area contributed by atoms with Gasteiger partial charge in [0.25, 0.3) is 0 Å². The second-order valence-corrected chi connectivity index (χ2v) is 7.95. The van der Waals surface area contributed by atoms with Gasteiger partial charge in [-0.15, -0.1) is 10.2 Å². The van der Waals surface area contributed by atoms with Crippen molar-refractivity contribution in [2.45, 2.75) is 25.3 Å². The number of aromatic nitrogens is 4. The number of benzene rings is 1. The van der Waals surface area contributed by atoms with Gasteiger partial charge in [-0.3, -0.25) is 4.79 Å². The largest absolute Gasteiger partial charge is 0.462 e. The van der Waals surface area contributed by atoms with Crippen LogP contribution in [0.1, 0.15) is 23.8 Å². The van der Waals surface area contributed by atoms with E-state index in [1.807, 2.05) is 45.9 Å². The molecule has 4 aromatic rings. The van der Waals surface area contributed by atoms with Gasteiger partial charge in [-0.2, -0.15) is 0 Å². The predicted molar refractivity (Wildman–Crippen MR) is 106 cm³/mol. The van der Waals surface area contributed by atoms with Gasteiger partial charge < -0.3 is 13.9 Å². The number of piperidine rings is 1. The number of carbonyl (C=O) groups is 1. The van der Waals surface area contributed by atoms with Crippen LogP contribution in [0.3, 0.4) is 0 Å². The summed E-state index contributed by atoms with van der Waals surface area (Å²) in [6.07, 6.45) is 5.20. The second-order valence-electron chi connectivity index (χ2n) is 6.94. The fourth-order valence-corrected chi connectivity index (χ4v) is 4.64. The molecule has 0 spiro atoms. The number of rotatable bonds is 4. The Bertz CT molecular complexity index is 1090. The van der Waals surface area contributed by atoms with Crippen molar-refractivity contribution in [3.63, 3.8) is 0 Å². The average Bonchev–Trinajstić information content (AvgIpc) is 3.49. The normalized spacial score (nSPS) is 15.4. The van der Waals surface area contributed by atoms with Crippen LogP contribution in [0, 0.1) is 0 Å². The average molecular weight is 393 g/mol. The molecular weight excluding hydrogens is 374 g/mol. The minimum absolute atomic E-state index is 0.134. The molecule has 0 N–H and O–H groups in total. The standard InChI is InChI=1S/C20H19N5O2S/c26-18(12-25-13-21-15-4-1-2-5-16(15)25)24-9-7-14(8-10-24)19-22-23-20(28-19)17-6-3-11-27-17/h1-6,11,13-14H,7-10,12H2. The lowest BCUT2D eigenvalue weighted by Crippen LogP contribution is -2.39. The molecule has 4 heterocycles. The van der Waals surface area contributed by atoms with Crippen LogP contribution in [-0.2, 0) is 11.3 Å². The molecule has 0 unspecified atom stereocenters. The molecular formula is C20H19N5O2S. The quantitative estimate of drug-likeness (QED) is 0.530. The van der Waals surface area contributed by atoms with E-state index in [0.717, 1.165) is 52.7 Å². The van der Waals surface area contributed by atoms with Gasteiger partial charge in [-0.05, 0) is 37.1 Å². The van der Waals surface area contributed by atoms with Crippen LogP contribution < -0.4 is 0 Å². The van der Waals surface area contributed by atoms with Crippen LogP contribution in [-0.4, -0.2) is 43.6 Å². The number of imidazole rings is 1. The second kappa shape index (κ2) is 7.20. The summed E-state index contributed by atoms with van der Waals surface area (Å²) in [7, 11) is 0. The summed E-state index contributed by atoms with van der Waals surface area (Å²) >= 11 is 1.58. The minimum Gasteiger partial charge on any atom is -0.462 e. The summed E-state index contributed by atoms with van der Waals surface area (Å²) in [5.74, 6) is 1.23. The Labute approximate surface area is 165 Å². The van der Waals surface area contributed by atoms with Gasteiger partial charge in [-0.1, -0.05) is 23.5 Å². The molecule has 1 aliphatic heterocycles. The summed E-state index contributed by atoms with van der Waals surface area (Å²) in [6.45, 7) is 1.81. The van der Waals surface area contributed by atoms with Crippen LogP contribution in [0.25, 0.3) is 21.8 Å². The van der Waals surface area contributed by atoms with E-state index >= 15 is 0 Å². The van der Waals surface area contributed by atoms with Crippen molar-refractivity contribution in [1.29, 1.82) is 0 Å². The van der Waals surface area contributed by atoms with E-state index in [4.69, 9.17) is 4.42 Å². The van der Waals surface area contributed by atoms with E-state index in [1.54, 1.807) is 23.9 Å². The van der Waals surface area contributed by atoms with Crippen LogP contribution in [0.15, 0.2) is 53.4 Å². The van der Waals surface area contributed by atoms with Crippen molar-refractivity contribution in [2.75, 3.05) is 13.1 Å². The smallest absolute Gasteiger partial charge is 0.242 e. The molecule has 8 heteroatoms. The minimum atomic E-state index is 0.134. The number of furan rings is 1. The van der Waals surface area contributed by atoms with Gasteiger partial charge in [0.05, 0.1) is 23.6 Å². The highest BCUT2D eigenvalue weighted by atomic mass is 32.1. The van der Waals surface area contributed by atoms with Gasteiger partial charge in [0, 0.05) is 19.0 Å². The predicted octanol–water partition coefficient (Wildman–Crippen LogP) is 3.55. The molecule has 7 nitrogen and oxygen atoms in total. The first-order chi connectivity index (χ1) is 13.8. The molecule has 0 saturated carbocycles. The summed E-state index contributed by atoms with van der Waals surface area (Å²) in [5.41, 5.74) is 1.91. The molecule has 3 aromatic heterocycles. The van der Waals surface area contributed by atoms with Crippen LogP contribution in [0.5, 0.6) is 0 Å². The summed E-state index contributed by atoms with van der Waals surface area (Å²) in [5, 5.41) is 10.4. The zero-order valence-corrected chi connectivity index (χ0v) is 16.0. The fourth-order valence-electron chi connectivity index (χ4n) is 3.66. The summed E-state index contributed by atoms with van der Waals surface area (Å²) < 4.78 is 7.32. The first kappa shape index (κ1) is 17.1. The molecule has 142 valence electrons.